The Morgan fingerprint density at radius 2 is 2.08 bits per heavy atom. The molecule has 0 radical (unpaired) electrons. The number of nitrogens with zero attached hydrogens (tertiary/aromatic N) is 7. The lowest BCUT2D eigenvalue weighted by atomic mass is 9.91. The number of halogens is 2. The van der Waals surface area contributed by atoms with E-state index >= 15 is 0 Å². The molecule has 0 unspecified atom stereocenters. The van der Waals surface area contributed by atoms with Gasteiger partial charge in [0.05, 0.1) is 12.2 Å². The van der Waals surface area contributed by atoms with Gasteiger partial charge in [0.15, 0.2) is 11.3 Å². The Labute approximate surface area is 219 Å². The first-order valence-corrected chi connectivity index (χ1v) is 12.9. The fourth-order valence-corrected chi connectivity index (χ4v) is 6.22. The molecule has 2 aromatic heterocycles. The monoisotopic (exact) mass is 527 g/mol. The Hall–Kier alpha value is -2.93. The number of hydrogen-bond acceptors (Lipinski definition) is 7. The van der Waals surface area contributed by atoms with Crippen molar-refractivity contribution in [1.29, 1.82) is 5.26 Å². The van der Waals surface area contributed by atoms with Crippen LogP contribution in [-0.2, 0) is 4.79 Å². The fourth-order valence-electron chi connectivity index (χ4n) is 5.65. The minimum Gasteiger partial charge on any atom is -0.480 e. The normalized spacial score (nSPS) is 23.6. The molecule has 4 atom stereocenters. The number of hydrogen-bond donors (Lipinski definition) is 1. The second-order valence-electron chi connectivity index (χ2n) is 9.66. The van der Waals surface area contributed by atoms with Gasteiger partial charge in [-0.1, -0.05) is 36.2 Å². The molecule has 188 valence electrons. The van der Waals surface area contributed by atoms with Gasteiger partial charge in [0.2, 0.25) is 0 Å². The van der Waals surface area contributed by atoms with E-state index in [9.17, 15) is 15.2 Å². The molecule has 3 aromatic rings. The van der Waals surface area contributed by atoms with Gasteiger partial charge in [-0.25, -0.2) is 14.6 Å². The molecule has 4 heterocycles. The minimum atomic E-state index is -0.727. The molecule has 2 aliphatic heterocycles. The van der Waals surface area contributed by atoms with Crippen LogP contribution in [0.25, 0.3) is 11.2 Å². The number of carboxylic acids is 1. The smallest absolute Gasteiger partial charge is 0.320 e. The molecule has 2 aliphatic rings. The van der Waals surface area contributed by atoms with Crippen molar-refractivity contribution in [3.05, 3.63) is 45.7 Å². The predicted molar refractivity (Wildman–Crippen MR) is 137 cm³/mol. The first-order chi connectivity index (χ1) is 17.3. The zero-order valence-electron chi connectivity index (χ0n) is 20.1. The number of aromatic nitrogens is 4. The third-order valence-electron chi connectivity index (χ3n) is 7.47. The molecule has 1 aromatic carbocycles. The molecule has 0 bridgehead atoms. The lowest BCUT2D eigenvalue weighted by Gasteiger charge is -2.43. The summed E-state index contributed by atoms with van der Waals surface area (Å²) in [5, 5.41) is 24.8. The maximum Gasteiger partial charge on any atom is 0.320 e. The Kier molecular flexibility index (Phi) is 6.77. The van der Waals surface area contributed by atoms with E-state index in [1.54, 1.807) is 23.0 Å². The van der Waals surface area contributed by atoms with E-state index in [0.29, 0.717) is 33.4 Å². The predicted octanol–water partition coefficient (Wildman–Crippen LogP) is 4.38. The average molecular weight is 528 g/mol. The van der Waals surface area contributed by atoms with E-state index in [1.165, 1.54) is 0 Å². The number of carbonyl (C=O) groups is 1. The average Bonchev–Trinajstić information content (AvgIpc) is 3.48. The number of benzene rings is 1. The summed E-state index contributed by atoms with van der Waals surface area (Å²) in [4.78, 5) is 25.5. The highest BCUT2D eigenvalue weighted by Crippen LogP contribution is 2.33. The summed E-state index contributed by atoms with van der Waals surface area (Å²) in [6, 6.07) is 6.97. The number of rotatable bonds is 5. The molecule has 0 amide bonds. The van der Waals surface area contributed by atoms with Crippen LogP contribution in [0.15, 0.2) is 24.4 Å². The molecule has 9 nitrogen and oxygen atoms in total. The Balaban J connectivity index is 1.43. The van der Waals surface area contributed by atoms with E-state index < -0.39 is 5.97 Å². The molecule has 0 spiro atoms. The molecule has 36 heavy (non-hydrogen) atoms. The molecule has 2 saturated heterocycles. The van der Waals surface area contributed by atoms with Crippen LogP contribution in [0.2, 0.25) is 10.0 Å². The van der Waals surface area contributed by atoms with Crippen LogP contribution in [0.1, 0.15) is 50.4 Å². The van der Waals surface area contributed by atoms with Gasteiger partial charge in [0.1, 0.15) is 23.4 Å². The first kappa shape index (κ1) is 24.8. The third kappa shape index (κ3) is 4.38. The largest absolute Gasteiger partial charge is 0.480 e. The van der Waals surface area contributed by atoms with E-state index in [-0.39, 0.29) is 29.7 Å². The fraction of sp³-hybridized carbons (Fsp3) is 0.480. The third-order valence-corrected chi connectivity index (χ3v) is 8.03. The van der Waals surface area contributed by atoms with Crippen molar-refractivity contribution in [1.82, 2.24) is 24.6 Å². The summed E-state index contributed by atoms with van der Waals surface area (Å²) >= 11 is 12.5. The van der Waals surface area contributed by atoms with Crippen LogP contribution < -0.4 is 4.90 Å². The van der Waals surface area contributed by atoms with Gasteiger partial charge in [-0.05, 0) is 56.3 Å². The number of piperidine rings is 1. The number of fused-ring (bicyclic) bond motifs is 1. The minimum absolute atomic E-state index is 0.210. The maximum absolute atomic E-state index is 11.7. The van der Waals surface area contributed by atoms with Crippen molar-refractivity contribution in [2.75, 3.05) is 24.5 Å². The van der Waals surface area contributed by atoms with Gasteiger partial charge < -0.3 is 10.0 Å². The molecular formula is C25H27Cl2N7O2. The SMILES string of the molecule is C[C@@H]1CN(c2cnc3c(C#N)nn([C@H](C)c4ccc(Cl)cc4Cl)c3n2)CC[C@@H]1N1CCC[C@H]1C(=O)O. The van der Waals surface area contributed by atoms with Crippen molar-refractivity contribution in [3.63, 3.8) is 0 Å². The summed E-state index contributed by atoms with van der Waals surface area (Å²) in [7, 11) is 0. The van der Waals surface area contributed by atoms with Gasteiger partial charge in [-0.3, -0.25) is 9.69 Å². The van der Waals surface area contributed by atoms with Gasteiger partial charge >= 0.3 is 5.97 Å². The van der Waals surface area contributed by atoms with Crippen LogP contribution in [0.4, 0.5) is 5.82 Å². The van der Waals surface area contributed by atoms with Crippen molar-refractivity contribution < 1.29 is 9.90 Å². The molecule has 0 aliphatic carbocycles. The molecule has 5 rings (SSSR count). The molecule has 0 saturated carbocycles. The quantitative estimate of drug-likeness (QED) is 0.520. The summed E-state index contributed by atoms with van der Waals surface area (Å²) in [5.74, 6) is 0.251. The summed E-state index contributed by atoms with van der Waals surface area (Å²) in [6.07, 6.45) is 4.18. The molecular weight excluding hydrogens is 501 g/mol. The van der Waals surface area contributed by atoms with Crippen molar-refractivity contribution >= 4 is 46.2 Å². The topological polar surface area (TPSA) is 111 Å². The number of nitriles is 1. The van der Waals surface area contributed by atoms with E-state index in [4.69, 9.17) is 28.2 Å². The Morgan fingerprint density at radius 3 is 2.78 bits per heavy atom. The highest BCUT2D eigenvalue weighted by molar-refractivity contribution is 6.35. The summed E-state index contributed by atoms with van der Waals surface area (Å²) in [5.41, 5.74) is 1.99. The van der Waals surface area contributed by atoms with E-state index in [2.05, 4.69) is 32.9 Å². The highest BCUT2D eigenvalue weighted by Gasteiger charge is 2.40. The van der Waals surface area contributed by atoms with Crippen LogP contribution >= 0.6 is 23.2 Å². The van der Waals surface area contributed by atoms with Crippen LogP contribution in [0, 0.1) is 17.2 Å². The van der Waals surface area contributed by atoms with Crippen LogP contribution in [0.5, 0.6) is 0 Å². The van der Waals surface area contributed by atoms with Gasteiger partial charge in [-0.2, -0.15) is 10.4 Å². The number of likely N-dealkylation sites (tertiary alicyclic amines) is 1. The van der Waals surface area contributed by atoms with E-state index in [1.807, 2.05) is 13.0 Å². The number of aliphatic carboxylic acids is 1. The Morgan fingerprint density at radius 1 is 1.28 bits per heavy atom. The highest BCUT2D eigenvalue weighted by atomic mass is 35.5. The summed E-state index contributed by atoms with van der Waals surface area (Å²) < 4.78 is 1.69. The molecule has 11 heteroatoms. The molecule has 1 N–H and O–H groups in total. The molecule has 2 fully saturated rings. The maximum atomic E-state index is 11.7. The van der Waals surface area contributed by atoms with Crippen LogP contribution in [-0.4, -0.2) is 67.4 Å². The lowest BCUT2D eigenvalue weighted by molar-refractivity contribution is -0.143. The number of carboxylic acid groups (broad SMARTS) is 1. The van der Waals surface area contributed by atoms with Crippen molar-refractivity contribution in [2.45, 2.75) is 51.2 Å². The first-order valence-electron chi connectivity index (χ1n) is 12.1. The van der Waals surface area contributed by atoms with E-state index in [0.717, 1.165) is 38.0 Å². The lowest BCUT2D eigenvalue weighted by Crippen LogP contribution is -2.53. The second kappa shape index (κ2) is 9.85. The Bertz CT molecular complexity index is 1350. The standard InChI is InChI=1S/C25H27Cl2N7O2/c1-14-13-32(9-7-20(14)33-8-3-4-21(33)25(35)36)22-12-29-23-19(11-28)31-34(24(23)30-22)15(2)17-6-5-16(26)10-18(17)27/h5-6,10,12,14-15,20-21H,3-4,7-9,13H2,1-2H3,(H,35,36)/t14-,15-,20+,21+/m1/s1. The van der Waals surface area contributed by atoms with Crippen LogP contribution in [0.3, 0.4) is 0 Å². The van der Waals surface area contributed by atoms with Crippen molar-refractivity contribution in [2.24, 2.45) is 5.92 Å². The zero-order chi connectivity index (χ0) is 25.6. The van der Waals surface area contributed by atoms with Gasteiger partial charge in [0, 0.05) is 29.2 Å². The summed E-state index contributed by atoms with van der Waals surface area (Å²) in [6.45, 7) is 6.43. The zero-order valence-corrected chi connectivity index (χ0v) is 21.6. The van der Waals surface area contributed by atoms with Crippen molar-refractivity contribution in [3.8, 4) is 6.07 Å². The van der Waals surface area contributed by atoms with Gasteiger partial charge in [-0.15, -0.1) is 0 Å². The second-order valence-corrected chi connectivity index (χ2v) is 10.5. The van der Waals surface area contributed by atoms with Gasteiger partial charge in [0.25, 0.3) is 0 Å². The number of anilines is 1.